The van der Waals surface area contributed by atoms with E-state index in [1.165, 1.54) is 36.2 Å². The number of nitrogens with zero attached hydrogens (tertiary/aromatic N) is 5. The van der Waals surface area contributed by atoms with Gasteiger partial charge in [-0.05, 0) is 32.0 Å². The highest BCUT2D eigenvalue weighted by atomic mass is 35.5. The Morgan fingerprint density at radius 1 is 1.08 bits per heavy atom. The Bertz CT molecular complexity index is 1440. The molecular formula is C25H21ClN6O3S. The van der Waals surface area contributed by atoms with Crippen molar-refractivity contribution in [2.24, 2.45) is 5.10 Å². The predicted molar refractivity (Wildman–Crippen MR) is 141 cm³/mol. The van der Waals surface area contributed by atoms with Crippen molar-refractivity contribution in [2.45, 2.75) is 19.0 Å². The average Bonchev–Trinajstić information content (AvgIpc) is 3.28. The lowest BCUT2D eigenvalue weighted by Crippen LogP contribution is -2.20. The van der Waals surface area contributed by atoms with Gasteiger partial charge in [-0.3, -0.25) is 19.5 Å². The number of hydrazone groups is 1. The van der Waals surface area contributed by atoms with Gasteiger partial charge in [0.15, 0.2) is 11.0 Å². The summed E-state index contributed by atoms with van der Waals surface area (Å²) >= 11 is 7.27. The number of amides is 1. The molecular weight excluding hydrogens is 500 g/mol. The number of rotatable bonds is 8. The normalized spacial score (nSPS) is 11.1. The van der Waals surface area contributed by atoms with Gasteiger partial charge in [0, 0.05) is 34.0 Å². The zero-order valence-corrected chi connectivity index (χ0v) is 21.0. The highest BCUT2D eigenvalue weighted by Gasteiger charge is 2.17. The van der Waals surface area contributed by atoms with E-state index in [9.17, 15) is 14.9 Å². The first-order valence-corrected chi connectivity index (χ1v) is 12.2. The summed E-state index contributed by atoms with van der Waals surface area (Å²) in [6.07, 6.45) is 1.27. The number of carbonyl (C=O) groups is 1. The Labute approximate surface area is 216 Å². The van der Waals surface area contributed by atoms with E-state index in [-0.39, 0.29) is 22.4 Å². The third-order valence-electron chi connectivity index (χ3n) is 5.15. The highest BCUT2D eigenvalue weighted by Crippen LogP contribution is 2.28. The van der Waals surface area contributed by atoms with Crippen LogP contribution in [0.5, 0.6) is 0 Å². The summed E-state index contributed by atoms with van der Waals surface area (Å²) in [6, 6.07) is 19.9. The fourth-order valence-electron chi connectivity index (χ4n) is 3.26. The first kappa shape index (κ1) is 25.1. The highest BCUT2D eigenvalue weighted by molar-refractivity contribution is 7.99. The fourth-order valence-corrected chi connectivity index (χ4v) is 4.17. The largest absolute Gasteiger partial charge is 0.272 e. The second-order valence-electron chi connectivity index (χ2n) is 7.89. The van der Waals surface area contributed by atoms with E-state index in [2.05, 4.69) is 20.7 Å². The molecule has 182 valence electrons. The second-order valence-corrected chi connectivity index (χ2v) is 9.24. The van der Waals surface area contributed by atoms with Crippen molar-refractivity contribution in [3.8, 4) is 17.1 Å². The molecule has 0 atom stereocenters. The van der Waals surface area contributed by atoms with Gasteiger partial charge in [0.05, 0.1) is 16.9 Å². The molecule has 11 heteroatoms. The number of nitro groups is 1. The molecule has 1 heterocycles. The molecule has 0 unspecified atom stereocenters. The molecule has 1 aromatic heterocycles. The van der Waals surface area contributed by atoms with Gasteiger partial charge in [0.1, 0.15) is 0 Å². The van der Waals surface area contributed by atoms with Crippen LogP contribution in [0.2, 0.25) is 5.02 Å². The molecule has 36 heavy (non-hydrogen) atoms. The molecule has 4 rings (SSSR count). The number of nitro benzene ring substituents is 1. The van der Waals surface area contributed by atoms with Crippen LogP contribution in [-0.4, -0.2) is 37.6 Å². The van der Waals surface area contributed by atoms with Gasteiger partial charge in [-0.15, -0.1) is 10.2 Å². The van der Waals surface area contributed by atoms with E-state index >= 15 is 0 Å². The maximum absolute atomic E-state index is 12.4. The molecule has 1 amide bonds. The molecule has 0 saturated carbocycles. The lowest BCUT2D eigenvalue weighted by molar-refractivity contribution is -0.384. The van der Waals surface area contributed by atoms with Crippen molar-refractivity contribution >= 4 is 41.2 Å². The third-order valence-corrected chi connectivity index (χ3v) is 6.42. The number of halogens is 1. The Hall–Kier alpha value is -4.02. The van der Waals surface area contributed by atoms with Crippen LogP contribution in [0.15, 0.2) is 77.0 Å². The number of nitrogens with one attached hydrogen (secondary N) is 1. The molecule has 0 spiro atoms. The lowest BCUT2D eigenvalue weighted by atomic mass is 10.1. The number of aromatic nitrogens is 3. The smallest absolute Gasteiger partial charge is 0.270 e. The third kappa shape index (κ3) is 5.96. The molecule has 0 aliphatic rings. The average molecular weight is 521 g/mol. The van der Waals surface area contributed by atoms with Gasteiger partial charge >= 0.3 is 0 Å². The minimum atomic E-state index is -0.530. The van der Waals surface area contributed by atoms with Gasteiger partial charge in [0.25, 0.3) is 11.6 Å². The number of benzene rings is 3. The molecule has 4 aromatic rings. The maximum Gasteiger partial charge on any atom is 0.270 e. The molecule has 0 saturated heterocycles. The van der Waals surface area contributed by atoms with Gasteiger partial charge in [-0.25, -0.2) is 5.43 Å². The minimum Gasteiger partial charge on any atom is -0.272 e. The first-order chi connectivity index (χ1) is 17.3. The van der Waals surface area contributed by atoms with Gasteiger partial charge in [0.2, 0.25) is 0 Å². The zero-order chi connectivity index (χ0) is 25.7. The van der Waals surface area contributed by atoms with Crippen molar-refractivity contribution in [3.63, 3.8) is 0 Å². The van der Waals surface area contributed by atoms with Crippen molar-refractivity contribution in [3.05, 3.63) is 98.6 Å². The summed E-state index contributed by atoms with van der Waals surface area (Å²) in [6.45, 7) is 4.03. The summed E-state index contributed by atoms with van der Waals surface area (Å²) in [5, 5.41) is 24.4. The minimum absolute atomic E-state index is 0.0257. The van der Waals surface area contributed by atoms with Crippen molar-refractivity contribution in [1.82, 2.24) is 20.2 Å². The van der Waals surface area contributed by atoms with Gasteiger partial charge in [-0.2, -0.15) is 5.10 Å². The van der Waals surface area contributed by atoms with Crippen LogP contribution >= 0.6 is 23.4 Å². The Morgan fingerprint density at radius 2 is 1.75 bits per heavy atom. The fraction of sp³-hybridized carbons (Fsp3) is 0.120. The topological polar surface area (TPSA) is 115 Å². The van der Waals surface area contributed by atoms with E-state index in [4.69, 9.17) is 11.6 Å². The van der Waals surface area contributed by atoms with E-state index in [1.54, 1.807) is 0 Å². The monoisotopic (exact) mass is 520 g/mol. The number of hydrogen-bond donors (Lipinski definition) is 1. The maximum atomic E-state index is 12.4. The van der Waals surface area contributed by atoms with Crippen LogP contribution in [0.4, 0.5) is 5.69 Å². The molecule has 9 nitrogen and oxygen atoms in total. The summed E-state index contributed by atoms with van der Waals surface area (Å²) in [5.41, 5.74) is 6.65. The first-order valence-electron chi connectivity index (χ1n) is 10.8. The quantitative estimate of drug-likeness (QED) is 0.145. The van der Waals surface area contributed by atoms with Crippen LogP contribution in [0, 0.1) is 24.0 Å². The Balaban J connectivity index is 1.50. The van der Waals surface area contributed by atoms with Crippen LogP contribution < -0.4 is 5.43 Å². The molecule has 1 N–H and O–H groups in total. The van der Waals surface area contributed by atoms with E-state index < -0.39 is 4.92 Å². The molecule has 0 aliphatic heterocycles. The van der Waals surface area contributed by atoms with Crippen LogP contribution in [0.3, 0.4) is 0 Å². The van der Waals surface area contributed by atoms with Gasteiger partial charge < -0.3 is 0 Å². The number of hydrogen-bond acceptors (Lipinski definition) is 7. The Morgan fingerprint density at radius 3 is 2.42 bits per heavy atom. The second kappa shape index (κ2) is 11.1. The SMILES string of the molecule is Cc1ccc(-c2nnc(SCC(=O)N/N=C/c3cc([N+](=O)[O-])ccc3Cl)n2-c2ccc(C)cc2)cc1. The summed E-state index contributed by atoms with van der Waals surface area (Å²) < 4.78 is 1.91. The number of thioether (sulfide) groups is 1. The van der Waals surface area contributed by atoms with Gasteiger partial charge in [-0.1, -0.05) is 70.9 Å². The van der Waals surface area contributed by atoms with Crippen molar-refractivity contribution in [1.29, 1.82) is 0 Å². The molecule has 0 aliphatic carbocycles. The standard InChI is InChI=1S/C25H21ClN6O3S/c1-16-3-7-18(8-4-16)24-29-30-25(31(24)20-9-5-17(2)6-10-20)36-15-23(33)28-27-14-19-13-21(32(34)35)11-12-22(19)26/h3-14H,15H2,1-2H3,(H,28,33)/b27-14+. The van der Waals surface area contributed by atoms with Crippen LogP contribution in [0.25, 0.3) is 17.1 Å². The summed E-state index contributed by atoms with van der Waals surface area (Å²) in [4.78, 5) is 22.9. The zero-order valence-electron chi connectivity index (χ0n) is 19.4. The predicted octanol–water partition coefficient (Wildman–Crippen LogP) is 5.36. The summed E-state index contributed by atoms with van der Waals surface area (Å²) in [7, 11) is 0. The number of carbonyl (C=O) groups excluding carboxylic acids is 1. The molecule has 0 bridgehead atoms. The molecule has 0 fully saturated rings. The van der Waals surface area contributed by atoms with Crippen LogP contribution in [-0.2, 0) is 4.79 Å². The van der Waals surface area contributed by atoms with E-state index in [0.29, 0.717) is 16.5 Å². The van der Waals surface area contributed by atoms with E-state index in [1.807, 2.05) is 66.9 Å². The van der Waals surface area contributed by atoms with Crippen molar-refractivity contribution in [2.75, 3.05) is 5.75 Å². The lowest BCUT2D eigenvalue weighted by Gasteiger charge is -2.11. The molecule has 3 aromatic carbocycles. The summed E-state index contributed by atoms with van der Waals surface area (Å²) in [5.74, 6) is 0.311. The number of aryl methyl sites for hydroxylation is 2. The number of non-ortho nitro benzene ring substituents is 1. The van der Waals surface area contributed by atoms with E-state index in [0.717, 1.165) is 22.4 Å². The van der Waals surface area contributed by atoms with Crippen molar-refractivity contribution < 1.29 is 9.72 Å². The molecule has 0 radical (unpaired) electrons. The Kier molecular flexibility index (Phi) is 7.77. The van der Waals surface area contributed by atoms with Crippen LogP contribution in [0.1, 0.15) is 16.7 Å².